The molecule has 4 nitrogen and oxygen atoms in total. The molecule has 2 rings (SSSR count). The van der Waals surface area contributed by atoms with E-state index in [0.29, 0.717) is 12.5 Å². The Morgan fingerprint density at radius 2 is 2.00 bits per heavy atom. The van der Waals surface area contributed by atoms with Crippen molar-refractivity contribution < 1.29 is 14.3 Å². The Hall–Kier alpha value is -0.610. The number of ether oxygens (including phenoxy) is 2. The summed E-state index contributed by atoms with van der Waals surface area (Å²) in [4.78, 5) is 12.4. The van der Waals surface area contributed by atoms with E-state index in [0.717, 1.165) is 38.8 Å². The van der Waals surface area contributed by atoms with Gasteiger partial charge in [0.05, 0.1) is 12.7 Å². The molecule has 1 saturated carbocycles. The van der Waals surface area contributed by atoms with Crippen molar-refractivity contribution in [3.05, 3.63) is 0 Å². The van der Waals surface area contributed by atoms with E-state index in [2.05, 4.69) is 5.32 Å². The minimum atomic E-state index is -0.553. The first kappa shape index (κ1) is 15.8. The lowest BCUT2D eigenvalue weighted by atomic mass is 9.75. The number of hydrogen-bond acceptors (Lipinski definition) is 4. The van der Waals surface area contributed by atoms with E-state index in [1.807, 2.05) is 13.8 Å². The van der Waals surface area contributed by atoms with Gasteiger partial charge < -0.3 is 9.47 Å². The zero-order chi connectivity index (χ0) is 14.4. The van der Waals surface area contributed by atoms with Gasteiger partial charge in [-0.15, -0.1) is 0 Å². The summed E-state index contributed by atoms with van der Waals surface area (Å²) in [5, 5.41) is 3.49. The summed E-state index contributed by atoms with van der Waals surface area (Å²) in [6.07, 6.45) is 8.46. The monoisotopic (exact) mass is 283 g/mol. The van der Waals surface area contributed by atoms with E-state index in [9.17, 15) is 4.79 Å². The van der Waals surface area contributed by atoms with Crippen LogP contribution < -0.4 is 5.32 Å². The number of nitrogens with one attached hydrogen (secondary N) is 1. The quantitative estimate of drug-likeness (QED) is 0.761. The normalized spacial score (nSPS) is 27.2. The number of carbonyl (C=O) groups excluding carboxylic acids is 1. The fraction of sp³-hybridized carbons (Fsp3) is 0.938. The highest BCUT2D eigenvalue weighted by molar-refractivity contribution is 5.80. The van der Waals surface area contributed by atoms with Crippen LogP contribution in [0.5, 0.6) is 0 Å². The van der Waals surface area contributed by atoms with Gasteiger partial charge in [-0.2, -0.15) is 0 Å². The topological polar surface area (TPSA) is 47.6 Å². The zero-order valence-electron chi connectivity index (χ0n) is 13.0. The maximum absolute atomic E-state index is 12.4. The lowest BCUT2D eigenvalue weighted by Gasteiger charge is -2.39. The molecule has 0 aromatic carbocycles. The van der Waals surface area contributed by atoms with Gasteiger partial charge in [-0.25, -0.2) is 0 Å². The summed E-state index contributed by atoms with van der Waals surface area (Å²) in [5.41, 5.74) is -0.553. The average Bonchev–Trinajstić information content (AvgIpc) is 2.99. The molecule has 116 valence electrons. The Bertz CT molecular complexity index is 309. The molecule has 0 aromatic rings. The van der Waals surface area contributed by atoms with E-state index in [4.69, 9.17) is 9.47 Å². The second kappa shape index (κ2) is 7.41. The van der Waals surface area contributed by atoms with Crippen LogP contribution in [0, 0.1) is 5.92 Å². The molecule has 0 spiro atoms. The maximum atomic E-state index is 12.4. The van der Waals surface area contributed by atoms with Crippen molar-refractivity contribution in [3.63, 3.8) is 0 Å². The molecule has 20 heavy (non-hydrogen) atoms. The van der Waals surface area contributed by atoms with Crippen molar-refractivity contribution in [2.75, 3.05) is 19.8 Å². The van der Waals surface area contributed by atoms with Crippen molar-refractivity contribution in [2.24, 2.45) is 5.92 Å². The van der Waals surface area contributed by atoms with Crippen molar-refractivity contribution in [2.45, 2.75) is 70.4 Å². The highest BCUT2D eigenvalue weighted by Crippen LogP contribution is 2.33. The minimum Gasteiger partial charge on any atom is -0.465 e. The van der Waals surface area contributed by atoms with E-state index in [1.54, 1.807) is 0 Å². The van der Waals surface area contributed by atoms with Crippen LogP contribution in [0.2, 0.25) is 0 Å². The molecule has 1 N–H and O–H groups in total. The number of carbonyl (C=O) groups is 1. The second-order valence-corrected chi connectivity index (χ2v) is 6.27. The molecule has 1 aliphatic heterocycles. The van der Waals surface area contributed by atoms with Gasteiger partial charge in [0, 0.05) is 13.2 Å². The summed E-state index contributed by atoms with van der Waals surface area (Å²) in [5.74, 6) is 0.293. The Balaban J connectivity index is 1.99. The minimum absolute atomic E-state index is 0.0927. The smallest absolute Gasteiger partial charge is 0.326 e. The first-order chi connectivity index (χ1) is 9.66. The van der Waals surface area contributed by atoms with Crippen LogP contribution >= 0.6 is 0 Å². The molecule has 4 heteroatoms. The maximum Gasteiger partial charge on any atom is 0.326 e. The molecular weight excluding hydrogens is 254 g/mol. The summed E-state index contributed by atoms with van der Waals surface area (Å²) in [6, 6.07) is 0. The van der Waals surface area contributed by atoms with Crippen LogP contribution in [-0.2, 0) is 14.3 Å². The summed E-state index contributed by atoms with van der Waals surface area (Å²) < 4.78 is 11.0. The van der Waals surface area contributed by atoms with Gasteiger partial charge in [0.25, 0.3) is 0 Å². The number of rotatable bonds is 6. The molecule has 1 heterocycles. The van der Waals surface area contributed by atoms with Crippen molar-refractivity contribution in [1.82, 2.24) is 5.32 Å². The van der Waals surface area contributed by atoms with Crippen molar-refractivity contribution in [3.8, 4) is 0 Å². The Morgan fingerprint density at radius 3 is 2.60 bits per heavy atom. The molecule has 0 amide bonds. The zero-order valence-corrected chi connectivity index (χ0v) is 13.0. The van der Waals surface area contributed by atoms with E-state index in [-0.39, 0.29) is 12.1 Å². The van der Waals surface area contributed by atoms with Gasteiger partial charge in [0.1, 0.15) is 5.54 Å². The van der Waals surface area contributed by atoms with Gasteiger partial charge in [0.15, 0.2) is 0 Å². The molecule has 0 bridgehead atoms. The first-order valence-electron chi connectivity index (χ1n) is 8.20. The van der Waals surface area contributed by atoms with Crippen LogP contribution in [0.1, 0.15) is 58.8 Å². The molecule has 2 aliphatic rings. The second-order valence-electron chi connectivity index (χ2n) is 6.27. The molecule has 2 unspecified atom stereocenters. The summed E-state index contributed by atoms with van der Waals surface area (Å²) in [6.45, 7) is 5.95. The summed E-state index contributed by atoms with van der Waals surface area (Å²) in [7, 11) is 0. The highest BCUT2D eigenvalue weighted by atomic mass is 16.5. The fourth-order valence-electron chi connectivity index (χ4n) is 3.48. The van der Waals surface area contributed by atoms with Crippen LogP contribution in [0.3, 0.4) is 0 Å². The van der Waals surface area contributed by atoms with Crippen molar-refractivity contribution in [1.29, 1.82) is 0 Å². The van der Waals surface area contributed by atoms with Crippen LogP contribution in [0.4, 0.5) is 0 Å². The lowest BCUT2D eigenvalue weighted by molar-refractivity contribution is -0.154. The van der Waals surface area contributed by atoms with E-state index < -0.39 is 5.54 Å². The van der Waals surface area contributed by atoms with Gasteiger partial charge in [-0.3, -0.25) is 10.1 Å². The largest absolute Gasteiger partial charge is 0.465 e. The Labute approximate surface area is 122 Å². The third-order valence-electron chi connectivity index (χ3n) is 4.84. The SMILES string of the molecule is CCOC(=O)C(C)(NCC1CCCO1)C1CCCCC1. The van der Waals surface area contributed by atoms with Gasteiger partial charge in [-0.1, -0.05) is 19.3 Å². The molecule has 0 aromatic heterocycles. The summed E-state index contributed by atoms with van der Waals surface area (Å²) >= 11 is 0. The van der Waals surface area contributed by atoms with Crippen LogP contribution in [0.25, 0.3) is 0 Å². The van der Waals surface area contributed by atoms with Crippen LogP contribution in [0.15, 0.2) is 0 Å². The first-order valence-corrected chi connectivity index (χ1v) is 8.20. The van der Waals surface area contributed by atoms with E-state index in [1.165, 1.54) is 19.3 Å². The average molecular weight is 283 g/mol. The molecule has 0 radical (unpaired) electrons. The molecule has 2 fully saturated rings. The molecule has 2 atom stereocenters. The van der Waals surface area contributed by atoms with Gasteiger partial charge in [-0.05, 0) is 45.4 Å². The molecule has 1 aliphatic carbocycles. The van der Waals surface area contributed by atoms with Crippen LogP contribution in [-0.4, -0.2) is 37.4 Å². The Kier molecular flexibility index (Phi) is 5.85. The number of hydrogen-bond donors (Lipinski definition) is 1. The predicted octanol–water partition coefficient (Wildman–Crippen LogP) is 2.66. The molecule has 1 saturated heterocycles. The molecular formula is C16H29NO3. The standard InChI is InChI=1S/C16H29NO3/c1-3-19-15(18)16(2,13-8-5-4-6-9-13)17-12-14-10-7-11-20-14/h13-14,17H,3-12H2,1-2H3. The Morgan fingerprint density at radius 1 is 1.25 bits per heavy atom. The fourth-order valence-corrected chi connectivity index (χ4v) is 3.48. The van der Waals surface area contributed by atoms with Gasteiger partial charge in [0.2, 0.25) is 0 Å². The third kappa shape index (κ3) is 3.73. The third-order valence-corrected chi connectivity index (χ3v) is 4.84. The number of esters is 1. The van der Waals surface area contributed by atoms with Crippen molar-refractivity contribution >= 4 is 5.97 Å². The predicted molar refractivity (Wildman–Crippen MR) is 78.6 cm³/mol. The lowest BCUT2D eigenvalue weighted by Crippen LogP contribution is -2.58. The van der Waals surface area contributed by atoms with Gasteiger partial charge >= 0.3 is 5.97 Å². The van der Waals surface area contributed by atoms with E-state index >= 15 is 0 Å². The highest BCUT2D eigenvalue weighted by Gasteiger charge is 2.43.